The Hall–Kier alpha value is -1.55. The second-order valence-electron chi connectivity index (χ2n) is 4.24. The van der Waals surface area contributed by atoms with Crippen molar-refractivity contribution in [3.8, 4) is 0 Å². The van der Waals surface area contributed by atoms with Gasteiger partial charge < -0.3 is 5.73 Å². The number of rotatable bonds is 4. The summed E-state index contributed by atoms with van der Waals surface area (Å²) in [5.74, 6) is 0. The fraction of sp³-hybridized carbons (Fsp3) is 0.385. The first kappa shape index (κ1) is 12.9. The van der Waals surface area contributed by atoms with E-state index in [0.29, 0.717) is 0 Å². The Balaban J connectivity index is 2.18. The van der Waals surface area contributed by atoms with Gasteiger partial charge in [-0.15, -0.1) is 0 Å². The van der Waals surface area contributed by atoms with Crippen LogP contribution >= 0.6 is 11.6 Å². The van der Waals surface area contributed by atoms with E-state index in [2.05, 4.69) is 17.0 Å². The summed E-state index contributed by atoms with van der Waals surface area (Å²) in [7, 11) is 0. The van der Waals surface area contributed by atoms with Crippen LogP contribution < -0.4 is 5.73 Å². The fourth-order valence-corrected chi connectivity index (χ4v) is 2.24. The van der Waals surface area contributed by atoms with E-state index >= 15 is 0 Å². The summed E-state index contributed by atoms with van der Waals surface area (Å²) in [5.41, 5.74) is 9.68. The van der Waals surface area contributed by atoms with Crippen LogP contribution in [0.3, 0.4) is 0 Å². The lowest BCUT2D eigenvalue weighted by Crippen LogP contribution is -2.05. The van der Waals surface area contributed by atoms with Gasteiger partial charge in [0.15, 0.2) is 0 Å². The molecule has 2 N–H and O–H groups in total. The maximum atomic E-state index is 6.27. The molecule has 0 spiro atoms. The molecule has 0 aliphatic heterocycles. The number of nitrogens with zero attached hydrogens (tertiary/aromatic N) is 3. The minimum atomic E-state index is 0.763. The number of hydrogen-bond donors (Lipinski definition) is 1. The van der Waals surface area contributed by atoms with Crippen molar-refractivity contribution in [3.63, 3.8) is 0 Å². The van der Waals surface area contributed by atoms with Crippen molar-refractivity contribution in [1.82, 2.24) is 14.8 Å². The SMILES string of the molecule is CCn1nc(C)c(Cl)c1CCc1cnccc1N. The fourth-order valence-electron chi connectivity index (χ4n) is 2.01. The van der Waals surface area contributed by atoms with Gasteiger partial charge in [-0.2, -0.15) is 5.10 Å². The molecule has 0 aromatic carbocycles. The molecule has 96 valence electrons. The average Bonchev–Trinajstić information content (AvgIpc) is 2.65. The van der Waals surface area contributed by atoms with Gasteiger partial charge in [0.25, 0.3) is 0 Å². The van der Waals surface area contributed by atoms with Crippen molar-refractivity contribution in [2.75, 3.05) is 5.73 Å². The van der Waals surface area contributed by atoms with Gasteiger partial charge in [-0.3, -0.25) is 9.67 Å². The maximum Gasteiger partial charge on any atom is 0.0847 e. The minimum absolute atomic E-state index is 0.763. The monoisotopic (exact) mass is 264 g/mol. The molecule has 0 aliphatic rings. The van der Waals surface area contributed by atoms with Gasteiger partial charge in [0.2, 0.25) is 0 Å². The first-order valence-corrected chi connectivity index (χ1v) is 6.41. The molecule has 0 saturated heterocycles. The van der Waals surface area contributed by atoms with Crippen molar-refractivity contribution < 1.29 is 0 Å². The van der Waals surface area contributed by atoms with Crippen molar-refractivity contribution >= 4 is 17.3 Å². The Bertz CT molecular complexity index is 548. The van der Waals surface area contributed by atoms with Crippen LogP contribution in [0.1, 0.15) is 23.9 Å². The number of nitrogen functional groups attached to an aromatic ring is 1. The highest BCUT2D eigenvalue weighted by molar-refractivity contribution is 6.31. The Morgan fingerprint density at radius 3 is 2.83 bits per heavy atom. The van der Waals surface area contributed by atoms with Crippen LogP contribution in [-0.4, -0.2) is 14.8 Å². The van der Waals surface area contributed by atoms with E-state index in [9.17, 15) is 0 Å². The summed E-state index contributed by atoms with van der Waals surface area (Å²) >= 11 is 6.27. The Morgan fingerprint density at radius 1 is 1.39 bits per heavy atom. The van der Waals surface area contributed by atoms with Gasteiger partial charge in [-0.1, -0.05) is 11.6 Å². The molecule has 0 bridgehead atoms. The number of pyridine rings is 1. The molecule has 2 heterocycles. The molecule has 18 heavy (non-hydrogen) atoms. The first-order chi connectivity index (χ1) is 8.63. The summed E-state index contributed by atoms with van der Waals surface area (Å²) < 4.78 is 1.95. The van der Waals surface area contributed by atoms with Gasteiger partial charge in [-0.05, 0) is 38.3 Å². The van der Waals surface area contributed by atoms with Gasteiger partial charge >= 0.3 is 0 Å². The van der Waals surface area contributed by atoms with Crippen LogP contribution in [0.25, 0.3) is 0 Å². The molecule has 0 unspecified atom stereocenters. The zero-order chi connectivity index (χ0) is 13.1. The molecule has 2 rings (SSSR count). The van der Waals surface area contributed by atoms with Crippen LogP contribution in [0.2, 0.25) is 5.02 Å². The molecule has 0 atom stereocenters. The predicted molar refractivity (Wildman–Crippen MR) is 73.7 cm³/mol. The lowest BCUT2D eigenvalue weighted by Gasteiger charge is -2.07. The highest BCUT2D eigenvalue weighted by atomic mass is 35.5. The highest BCUT2D eigenvalue weighted by Crippen LogP contribution is 2.22. The topological polar surface area (TPSA) is 56.7 Å². The van der Waals surface area contributed by atoms with E-state index in [1.165, 1.54) is 0 Å². The summed E-state index contributed by atoms with van der Waals surface area (Å²) in [6.45, 7) is 4.81. The molecule has 0 amide bonds. The van der Waals surface area contributed by atoms with Crippen LogP contribution in [0.15, 0.2) is 18.5 Å². The summed E-state index contributed by atoms with van der Waals surface area (Å²) in [4.78, 5) is 4.09. The molecular formula is C13H17ClN4. The summed E-state index contributed by atoms with van der Waals surface area (Å²) in [5, 5.41) is 5.16. The first-order valence-electron chi connectivity index (χ1n) is 6.03. The van der Waals surface area contributed by atoms with E-state index in [1.54, 1.807) is 6.20 Å². The zero-order valence-corrected chi connectivity index (χ0v) is 11.4. The van der Waals surface area contributed by atoms with Crippen LogP contribution in [0.5, 0.6) is 0 Å². The Morgan fingerprint density at radius 2 is 2.17 bits per heavy atom. The number of aromatic nitrogens is 3. The average molecular weight is 265 g/mol. The third-order valence-electron chi connectivity index (χ3n) is 3.03. The quantitative estimate of drug-likeness (QED) is 0.924. The molecule has 0 aliphatic carbocycles. The summed E-state index contributed by atoms with van der Waals surface area (Å²) in [6, 6.07) is 1.82. The van der Waals surface area contributed by atoms with Crippen LogP contribution in [0, 0.1) is 6.92 Å². The molecule has 5 heteroatoms. The third kappa shape index (κ3) is 2.48. The number of hydrogen-bond acceptors (Lipinski definition) is 3. The highest BCUT2D eigenvalue weighted by Gasteiger charge is 2.12. The standard InChI is InChI=1S/C13H17ClN4/c1-3-18-12(13(14)9(2)17-18)5-4-10-8-16-7-6-11(10)15/h6-8H,3-5H2,1-2H3,(H2,15,16). The Kier molecular flexibility index (Phi) is 3.87. The molecule has 2 aromatic heterocycles. The van der Waals surface area contributed by atoms with Crippen LogP contribution in [0.4, 0.5) is 5.69 Å². The Labute approximate surface area is 112 Å². The zero-order valence-electron chi connectivity index (χ0n) is 10.7. The van der Waals surface area contributed by atoms with Crippen LogP contribution in [-0.2, 0) is 19.4 Å². The van der Waals surface area contributed by atoms with Crippen molar-refractivity contribution in [1.29, 1.82) is 0 Å². The van der Waals surface area contributed by atoms with Gasteiger partial charge in [0.05, 0.1) is 16.4 Å². The number of halogens is 1. The largest absolute Gasteiger partial charge is 0.398 e. The van der Waals surface area contributed by atoms with Gasteiger partial charge in [0.1, 0.15) is 0 Å². The normalized spacial score (nSPS) is 10.8. The van der Waals surface area contributed by atoms with Crippen molar-refractivity contribution in [2.45, 2.75) is 33.2 Å². The number of aryl methyl sites for hydroxylation is 3. The molecular weight excluding hydrogens is 248 g/mol. The second-order valence-corrected chi connectivity index (χ2v) is 4.61. The lowest BCUT2D eigenvalue weighted by atomic mass is 10.1. The third-order valence-corrected chi connectivity index (χ3v) is 3.52. The smallest absolute Gasteiger partial charge is 0.0847 e. The molecule has 0 radical (unpaired) electrons. The van der Waals surface area contributed by atoms with E-state index in [0.717, 1.165) is 47.0 Å². The molecule has 2 aromatic rings. The van der Waals surface area contributed by atoms with Crippen molar-refractivity contribution in [3.05, 3.63) is 40.4 Å². The lowest BCUT2D eigenvalue weighted by molar-refractivity contribution is 0.614. The second kappa shape index (κ2) is 5.40. The maximum absolute atomic E-state index is 6.27. The number of nitrogens with two attached hydrogens (primary N) is 1. The summed E-state index contributed by atoms with van der Waals surface area (Å²) in [6.07, 6.45) is 5.16. The van der Waals surface area contributed by atoms with E-state index < -0.39 is 0 Å². The van der Waals surface area contributed by atoms with E-state index in [1.807, 2.05) is 23.9 Å². The van der Waals surface area contributed by atoms with E-state index in [-0.39, 0.29) is 0 Å². The predicted octanol–water partition coefficient (Wildman–Crippen LogP) is 2.63. The molecule has 4 nitrogen and oxygen atoms in total. The minimum Gasteiger partial charge on any atom is -0.398 e. The van der Waals surface area contributed by atoms with Crippen molar-refractivity contribution in [2.24, 2.45) is 0 Å². The molecule has 0 saturated carbocycles. The number of anilines is 1. The van der Waals surface area contributed by atoms with Gasteiger partial charge in [-0.25, -0.2) is 0 Å². The van der Waals surface area contributed by atoms with Gasteiger partial charge in [0, 0.05) is 24.6 Å². The molecule has 0 fully saturated rings. The van der Waals surface area contributed by atoms with E-state index in [4.69, 9.17) is 17.3 Å².